The van der Waals surface area contributed by atoms with Gasteiger partial charge in [-0.1, -0.05) is 11.6 Å². The van der Waals surface area contributed by atoms with E-state index in [-0.39, 0.29) is 6.54 Å². The molecule has 0 spiro atoms. The highest BCUT2D eigenvalue weighted by molar-refractivity contribution is 5.67. The first-order valence-electron chi connectivity index (χ1n) is 9.41. The highest BCUT2D eigenvalue weighted by Gasteiger charge is 2.43. The minimum Gasteiger partial charge on any atom is -0.458 e. The fourth-order valence-electron chi connectivity index (χ4n) is 3.63. The highest BCUT2D eigenvalue weighted by atomic mass is 16.6. The Kier molecular flexibility index (Phi) is 6.00. The van der Waals surface area contributed by atoms with Gasteiger partial charge in [0.05, 0.1) is 17.7 Å². The lowest BCUT2D eigenvalue weighted by molar-refractivity contribution is -0.216. The second-order valence-corrected chi connectivity index (χ2v) is 7.22. The molecular formula is C20H27N3O5. The van der Waals surface area contributed by atoms with Crippen LogP contribution in [-0.4, -0.2) is 46.3 Å². The maximum absolute atomic E-state index is 11.6. The number of nitrogens with zero attached hydrogens (tertiary/aromatic N) is 2. The lowest BCUT2D eigenvalue weighted by Crippen LogP contribution is -2.53. The first-order chi connectivity index (χ1) is 13.3. The van der Waals surface area contributed by atoms with Crippen LogP contribution in [0.5, 0.6) is 0 Å². The summed E-state index contributed by atoms with van der Waals surface area (Å²) in [6.07, 6.45) is 4.60. The summed E-state index contributed by atoms with van der Waals surface area (Å²) in [5.74, 6) is -0.919. The van der Waals surface area contributed by atoms with E-state index in [1.165, 1.54) is 19.4 Å². The van der Waals surface area contributed by atoms with Crippen molar-refractivity contribution in [2.24, 2.45) is 5.73 Å². The van der Waals surface area contributed by atoms with Crippen molar-refractivity contribution in [2.45, 2.75) is 65.1 Å². The molecule has 1 saturated heterocycles. The average molecular weight is 389 g/mol. The van der Waals surface area contributed by atoms with Gasteiger partial charge < -0.3 is 24.5 Å². The molecular weight excluding hydrogens is 362 g/mol. The van der Waals surface area contributed by atoms with Gasteiger partial charge in [-0.25, -0.2) is 4.98 Å². The second kappa shape index (κ2) is 8.28. The van der Waals surface area contributed by atoms with Gasteiger partial charge in [0.1, 0.15) is 18.4 Å². The predicted molar refractivity (Wildman–Crippen MR) is 102 cm³/mol. The minimum atomic E-state index is -0.744. The third kappa shape index (κ3) is 4.18. The Bertz CT molecular complexity index is 826. The lowest BCUT2D eigenvalue weighted by Gasteiger charge is -2.40. The van der Waals surface area contributed by atoms with Crippen LogP contribution in [0.15, 0.2) is 23.5 Å². The number of carbonyl (C=O) groups is 2. The van der Waals surface area contributed by atoms with Crippen LogP contribution in [0.1, 0.15) is 51.7 Å². The zero-order chi connectivity index (χ0) is 20.4. The number of hydrogen-bond donors (Lipinski definition) is 1. The lowest BCUT2D eigenvalue weighted by atomic mass is 9.99. The fourth-order valence-corrected chi connectivity index (χ4v) is 3.63. The number of aromatic nitrogens is 2. The molecule has 4 atom stereocenters. The number of fused-ring (bicyclic) bond motifs is 1. The van der Waals surface area contributed by atoms with E-state index in [2.05, 4.69) is 31.0 Å². The average Bonchev–Trinajstić information content (AvgIpc) is 2.96. The third-order valence-electron chi connectivity index (χ3n) is 5.15. The summed E-state index contributed by atoms with van der Waals surface area (Å²) < 4.78 is 18.9. The van der Waals surface area contributed by atoms with E-state index in [9.17, 15) is 9.59 Å². The molecule has 8 nitrogen and oxygen atoms in total. The summed E-state index contributed by atoms with van der Waals surface area (Å²) in [6.45, 7) is 6.89. The van der Waals surface area contributed by atoms with Crippen molar-refractivity contribution in [3.63, 3.8) is 0 Å². The van der Waals surface area contributed by atoms with Gasteiger partial charge in [0, 0.05) is 33.2 Å². The van der Waals surface area contributed by atoms with Crippen molar-refractivity contribution in [1.29, 1.82) is 0 Å². The summed E-state index contributed by atoms with van der Waals surface area (Å²) >= 11 is 0. The fraction of sp³-hybridized carbons (Fsp3) is 0.550. The topological polar surface area (TPSA) is 106 Å². The van der Waals surface area contributed by atoms with E-state index in [1.54, 1.807) is 6.33 Å². The molecule has 28 heavy (non-hydrogen) atoms. The van der Waals surface area contributed by atoms with Gasteiger partial charge in [0.15, 0.2) is 6.10 Å². The SMILES string of the molecule is CC(=O)OC1CC(n2cnc3c2C=C(C)C(C)=CC3)OC(CN)[C@H]1OC(C)=O. The summed E-state index contributed by atoms with van der Waals surface area (Å²) in [7, 11) is 0. The summed E-state index contributed by atoms with van der Waals surface area (Å²) in [4.78, 5) is 27.7. The van der Waals surface area contributed by atoms with Gasteiger partial charge in [-0.05, 0) is 25.5 Å². The molecule has 0 aromatic carbocycles. The van der Waals surface area contributed by atoms with Crippen molar-refractivity contribution in [2.75, 3.05) is 6.54 Å². The van der Waals surface area contributed by atoms with E-state index < -0.39 is 36.5 Å². The van der Waals surface area contributed by atoms with Crippen molar-refractivity contribution in [3.8, 4) is 0 Å². The van der Waals surface area contributed by atoms with Crippen LogP contribution in [-0.2, 0) is 30.2 Å². The number of allylic oxidation sites excluding steroid dienone is 3. The van der Waals surface area contributed by atoms with E-state index >= 15 is 0 Å². The third-order valence-corrected chi connectivity index (χ3v) is 5.15. The van der Waals surface area contributed by atoms with Crippen LogP contribution < -0.4 is 5.73 Å². The number of carbonyl (C=O) groups excluding carboxylic acids is 2. The molecule has 1 aliphatic carbocycles. The molecule has 2 N–H and O–H groups in total. The van der Waals surface area contributed by atoms with E-state index in [0.29, 0.717) is 6.42 Å². The van der Waals surface area contributed by atoms with Crippen molar-refractivity contribution >= 4 is 18.0 Å². The Morgan fingerprint density at radius 1 is 1.25 bits per heavy atom. The molecule has 1 aromatic rings. The molecule has 1 aliphatic heterocycles. The van der Waals surface area contributed by atoms with Crippen LogP contribution >= 0.6 is 0 Å². The first-order valence-corrected chi connectivity index (χ1v) is 9.41. The van der Waals surface area contributed by atoms with Gasteiger partial charge in [-0.2, -0.15) is 0 Å². The Balaban J connectivity index is 1.93. The van der Waals surface area contributed by atoms with Crippen LogP contribution in [0.4, 0.5) is 0 Å². The molecule has 3 unspecified atom stereocenters. The summed E-state index contributed by atoms with van der Waals surface area (Å²) in [5.41, 5.74) is 10.2. The maximum Gasteiger partial charge on any atom is 0.303 e. The zero-order valence-electron chi connectivity index (χ0n) is 16.7. The van der Waals surface area contributed by atoms with E-state index in [4.69, 9.17) is 19.9 Å². The molecule has 8 heteroatoms. The van der Waals surface area contributed by atoms with Crippen molar-refractivity contribution in [3.05, 3.63) is 34.9 Å². The van der Waals surface area contributed by atoms with Gasteiger partial charge in [0.2, 0.25) is 0 Å². The Morgan fingerprint density at radius 3 is 2.61 bits per heavy atom. The molecule has 1 aromatic heterocycles. The Labute approximate surface area is 164 Å². The van der Waals surface area contributed by atoms with Crippen LogP contribution in [0.25, 0.3) is 6.08 Å². The molecule has 2 heterocycles. The molecule has 152 valence electrons. The van der Waals surface area contributed by atoms with Gasteiger partial charge in [-0.15, -0.1) is 0 Å². The Morgan fingerprint density at radius 2 is 1.96 bits per heavy atom. The predicted octanol–water partition coefficient (Wildman–Crippen LogP) is 1.90. The van der Waals surface area contributed by atoms with E-state index in [1.807, 2.05) is 4.57 Å². The smallest absolute Gasteiger partial charge is 0.303 e. The van der Waals surface area contributed by atoms with E-state index in [0.717, 1.165) is 23.4 Å². The van der Waals surface area contributed by atoms with Crippen molar-refractivity contribution in [1.82, 2.24) is 9.55 Å². The second-order valence-electron chi connectivity index (χ2n) is 7.22. The molecule has 1 fully saturated rings. The monoisotopic (exact) mass is 389 g/mol. The van der Waals surface area contributed by atoms with Gasteiger partial charge in [0.25, 0.3) is 0 Å². The number of hydrogen-bond acceptors (Lipinski definition) is 7. The molecule has 0 saturated carbocycles. The largest absolute Gasteiger partial charge is 0.458 e. The standard InChI is InChI=1S/C20H27N3O5/c1-11-5-6-15-16(7-12(11)2)23(10-22-15)19-8-17(26-13(3)24)20(27-14(4)25)18(9-21)28-19/h5,7,10,17-20H,6,8-9,21H2,1-4H3/t17?,18?,19?,20-/m0/s1. The van der Waals surface area contributed by atoms with Crippen molar-refractivity contribution < 1.29 is 23.8 Å². The normalized spacial score (nSPS) is 27.2. The molecule has 0 radical (unpaired) electrons. The first kappa shape index (κ1) is 20.3. The maximum atomic E-state index is 11.6. The van der Waals surface area contributed by atoms with Crippen LogP contribution in [0, 0.1) is 0 Å². The number of ether oxygens (including phenoxy) is 3. The number of rotatable bonds is 4. The minimum absolute atomic E-state index is 0.124. The molecule has 3 rings (SSSR count). The summed E-state index contributed by atoms with van der Waals surface area (Å²) in [6, 6.07) is 0. The highest BCUT2D eigenvalue weighted by Crippen LogP contribution is 2.34. The number of esters is 2. The summed E-state index contributed by atoms with van der Waals surface area (Å²) in [5, 5.41) is 0. The quantitative estimate of drug-likeness (QED) is 0.784. The van der Waals surface area contributed by atoms with Crippen LogP contribution in [0.2, 0.25) is 0 Å². The molecule has 2 aliphatic rings. The molecule has 0 bridgehead atoms. The van der Waals surface area contributed by atoms with Crippen LogP contribution in [0.3, 0.4) is 0 Å². The Hall–Kier alpha value is -2.45. The van der Waals surface area contributed by atoms with Gasteiger partial charge in [-0.3, -0.25) is 9.59 Å². The zero-order valence-corrected chi connectivity index (χ0v) is 16.7. The number of nitrogens with two attached hydrogens (primary N) is 1. The van der Waals surface area contributed by atoms with Gasteiger partial charge >= 0.3 is 11.9 Å². The number of imidazole rings is 1. The molecule has 0 amide bonds.